The number of aliphatic hydroxyl groups excluding tert-OH is 1. The molecule has 0 unspecified atom stereocenters. The van der Waals surface area contributed by atoms with Crippen molar-refractivity contribution in [3.8, 4) is 0 Å². The van der Waals surface area contributed by atoms with E-state index in [0.29, 0.717) is 12.8 Å². The zero-order valence-corrected chi connectivity index (χ0v) is 45.9. The van der Waals surface area contributed by atoms with Gasteiger partial charge in [0.25, 0.3) is 0 Å². The fourth-order valence-electron chi connectivity index (χ4n) is 8.54. The number of aliphatic hydroxyl groups is 1. The highest BCUT2D eigenvalue weighted by atomic mass is 16.7. The Labute approximate surface area is 481 Å². The van der Waals surface area contributed by atoms with Crippen LogP contribution in [0.5, 0.6) is 0 Å². The molecule has 0 aliphatic rings. The van der Waals surface area contributed by atoms with Crippen LogP contribution in [-0.2, 0) is 105 Å². The standard InChI is InChI=1S/C34H37NO6.C34H35NO6/c2*36-22-33(39-24-29-15-7-2-8-16-29)34(40-25-30-17-9-3-10-18-30)32(38-23-28-13-5-1-6-14-28)21-35(27-37)41-26-31-19-11-4-12-20-31/h1-20,27,32-34,36H,21-26H2;1-20,22,27,32-34H,21,23-26H2/t2*32-,33-,34+/m11/s1. The lowest BCUT2D eigenvalue weighted by molar-refractivity contribution is -0.211. The lowest BCUT2D eigenvalue weighted by Gasteiger charge is -2.34. The fraction of sp³-hybridized carbons (Fsp3) is 0.250. The third-order valence-corrected chi connectivity index (χ3v) is 12.9. The Kier molecular flexibility index (Phi) is 27.3. The maximum atomic E-state index is 12.4. The number of carbonyl (C=O) groups is 3. The number of hydroxylamine groups is 4. The zero-order chi connectivity index (χ0) is 57.1. The van der Waals surface area contributed by atoms with Gasteiger partial charge in [-0.3, -0.25) is 19.3 Å². The van der Waals surface area contributed by atoms with Crippen molar-refractivity contribution in [2.24, 2.45) is 0 Å². The molecule has 82 heavy (non-hydrogen) atoms. The summed E-state index contributed by atoms with van der Waals surface area (Å²) in [7, 11) is 0. The van der Waals surface area contributed by atoms with Crippen molar-refractivity contribution >= 4 is 19.1 Å². The number of carbonyl (C=O) groups excluding carboxylic acids is 3. The second-order valence-corrected chi connectivity index (χ2v) is 19.0. The smallest absolute Gasteiger partial charge is 0.233 e. The van der Waals surface area contributed by atoms with E-state index in [2.05, 4.69) is 0 Å². The van der Waals surface area contributed by atoms with Crippen molar-refractivity contribution in [3.05, 3.63) is 287 Å². The number of rotatable bonds is 36. The second-order valence-electron chi connectivity index (χ2n) is 19.0. The topological polar surface area (TPSA) is 152 Å². The van der Waals surface area contributed by atoms with Crippen LogP contribution in [0.1, 0.15) is 44.5 Å². The van der Waals surface area contributed by atoms with E-state index in [1.165, 1.54) is 10.1 Å². The van der Waals surface area contributed by atoms with Crippen LogP contribution in [0.2, 0.25) is 0 Å². The Hall–Kier alpha value is -7.99. The van der Waals surface area contributed by atoms with Gasteiger partial charge in [-0.05, 0) is 44.5 Å². The van der Waals surface area contributed by atoms with Crippen molar-refractivity contribution in [1.82, 2.24) is 10.1 Å². The van der Waals surface area contributed by atoms with Crippen molar-refractivity contribution in [2.75, 3.05) is 19.7 Å². The zero-order valence-electron chi connectivity index (χ0n) is 45.9. The number of nitrogens with zero attached hydrogens (tertiary/aromatic N) is 2. The average molecular weight is 1110 g/mol. The van der Waals surface area contributed by atoms with E-state index in [-0.39, 0.29) is 72.6 Å². The summed E-state index contributed by atoms with van der Waals surface area (Å²) < 4.78 is 37.8. The number of hydrogen-bond donors (Lipinski definition) is 1. The van der Waals surface area contributed by atoms with E-state index in [0.717, 1.165) is 50.8 Å². The first-order valence-electron chi connectivity index (χ1n) is 27.3. The fourth-order valence-corrected chi connectivity index (χ4v) is 8.54. The Morgan fingerprint density at radius 3 is 0.829 bits per heavy atom. The maximum absolute atomic E-state index is 12.4. The van der Waals surface area contributed by atoms with Crippen molar-refractivity contribution in [2.45, 2.75) is 89.5 Å². The summed E-state index contributed by atoms with van der Waals surface area (Å²) in [5.74, 6) is 0. The van der Waals surface area contributed by atoms with E-state index in [1.54, 1.807) is 0 Å². The van der Waals surface area contributed by atoms with Crippen molar-refractivity contribution < 1.29 is 57.6 Å². The lowest BCUT2D eigenvalue weighted by Crippen LogP contribution is -2.49. The molecule has 0 aliphatic carbocycles. The molecule has 1 N–H and O–H groups in total. The quantitative estimate of drug-likeness (QED) is 0.0294. The normalized spacial score (nSPS) is 13.2. The van der Waals surface area contributed by atoms with Gasteiger partial charge in [0, 0.05) is 0 Å². The largest absolute Gasteiger partial charge is 0.394 e. The van der Waals surface area contributed by atoms with E-state index in [1.807, 2.05) is 243 Å². The van der Waals surface area contributed by atoms with Crippen molar-refractivity contribution in [3.63, 3.8) is 0 Å². The van der Waals surface area contributed by atoms with Crippen LogP contribution in [0.25, 0.3) is 0 Å². The third-order valence-electron chi connectivity index (χ3n) is 12.9. The molecule has 6 atom stereocenters. The predicted molar refractivity (Wildman–Crippen MR) is 311 cm³/mol. The van der Waals surface area contributed by atoms with Gasteiger partial charge in [0.2, 0.25) is 12.8 Å². The first kappa shape index (κ1) is 61.6. The minimum Gasteiger partial charge on any atom is -0.394 e. The minimum absolute atomic E-state index is 0.0155. The van der Waals surface area contributed by atoms with Gasteiger partial charge in [0.05, 0.1) is 59.3 Å². The molecule has 0 spiro atoms. The first-order valence-corrected chi connectivity index (χ1v) is 27.3. The van der Waals surface area contributed by atoms with Crippen LogP contribution < -0.4 is 0 Å². The van der Waals surface area contributed by atoms with Gasteiger partial charge in [-0.25, -0.2) is 10.1 Å². The Morgan fingerprint density at radius 1 is 0.305 bits per heavy atom. The highest BCUT2D eigenvalue weighted by Crippen LogP contribution is 2.22. The highest BCUT2D eigenvalue weighted by Gasteiger charge is 2.36. The summed E-state index contributed by atoms with van der Waals surface area (Å²) in [6.45, 7) is 1.70. The first-order chi connectivity index (χ1) is 40.5. The molecule has 8 aromatic rings. The molecule has 0 saturated heterocycles. The second kappa shape index (κ2) is 36.4. The number of hydrogen-bond acceptors (Lipinski definition) is 12. The highest BCUT2D eigenvalue weighted by molar-refractivity contribution is 5.57. The third kappa shape index (κ3) is 22.2. The Morgan fingerprint density at radius 2 is 0.549 bits per heavy atom. The summed E-state index contributed by atoms with van der Waals surface area (Å²) in [5, 5.41) is 12.9. The summed E-state index contributed by atoms with van der Waals surface area (Å²) in [6.07, 6.45) is -2.75. The van der Waals surface area contributed by atoms with Gasteiger partial charge in [-0.2, -0.15) is 0 Å². The summed E-state index contributed by atoms with van der Waals surface area (Å²) in [6, 6.07) is 77.4. The molecular formula is C68H72N2O12. The molecule has 0 radical (unpaired) electrons. The van der Waals surface area contributed by atoms with Gasteiger partial charge in [0.15, 0.2) is 6.29 Å². The molecule has 0 fully saturated rings. The molecule has 0 heterocycles. The molecule has 8 rings (SSSR count). The summed E-state index contributed by atoms with van der Waals surface area (Å²) in [5.41, 5.74) is 7.53. The molecule has 14 heteroatoms. The summed E-state index contributed by atoms with van der Waals surface area (Å²) in [4.78, 5) is 48.3. The molecular weight excluding hydrogens is 1040 g/mol. The summed E-state index contributed by atoms with van der Waals surface area (Å²) >= 11 is 0. The number of benzene rings is 8. The van der Waals surface area contributed by atoms with E-state index >= 15 is 0 Å². The maximum Gasteiger partial charge on any atom is 0.233 e. The molecule has 2 amide bonds. The lowest BCUT2D eigenvalue weighted by atomic mass is 10.1. The predicted octanol–water partition coefficient (Wildman–Crippen LogP) is 10.9. The van der Waals surface area contributed by atoms with Crippen LogP contribution in [0.15, 0.2) is 243 Å². The van der Waals surface area contributed by atoms with E-state index in [4.69, 9.17) is 38.1 Å². The van der Waals surface area contributed by atoms with Gasteiger partial charge >= 0.3 is 0 Å². The molecule has 8 aromatic carbocycles. The number of amides is 2. The van der Waals surface area contributed by atoms with Crippen LogP contribution in [-0.4, -0.2) is 90.7 Å². The Bertz CT molecular complexity index is 2920. The van der Waals surface area contributed by atoms with Crippen LogP contribution >= 0.6 is 0 Å². The molecule has 0 bridgehead atoms. The van der Waals surface area contributed by atoms with Gasteiger partial charge in [-0.1, -0.05) is 243 Å². The van der Waals surface area contributed by atoms with Gasteiger partial charge in [0.1, 0.15) is 49.8 Å². The molecule has 0 saturated carbocycles. The van der Waals surface area contributed by atoms with Crippen molar-refractivity contribution in [1.29, 1.82) is 0 Å². The molecule has 426 valence electrons. The monoisotopic (exact) mass is 1110 g/mol. The van der Waals surface area contributed by atoms with Crippen LogP contribution in [0.4, 0.5) is 0 Å². The Balaban J connectivity index is 0.000000236. The van der Waals surface area contributed by atoms with E-state index < -0.39 is 36.6 Å². The van der Waals surface area contributed by atoms with Crippen LogP contribution in [0, 0.1) is 0 Å². The number of aldehydes is 1. The molecule has 14 nitrogen and oxygen atoms in total. The number of ether oxygens (including phenoxy) is 6. The molecule has 0 aliphatic heterocycles. The SMILES string of the molecule is O=CN(C[C@@H](OCc1ccccc1)[C@H](OCc1ccccc1)[C@@H](CO)OCc1ccccc1)OCc1ccccc1.O=C[C@@H](OCc1ccccc1)[C@@H](OCc1ccccc1)[C@@H](CN(C=O)OCc1ccccc1)OCc1ccccc1. The van der Waals surface area contributed by atoms with Gasteiger partial charge < -0.3 is 38.3 Å². The van der Waals surface area contributed by atoms with Crippen LogP contribution in [0.3, 0.4) is 0 Å². The minimum atomic E-state index is -0.970. The van der Waals surface area contributed by atoms with E-state index in [9.17, 15) is 19.5 Å². The average Bonchev–Trinajstić information content (AvgIpc) is 3.58. The molecule has 0 aromatic heterocycles. The van der Waals surface area contributed by atoms with Gasteiger partial charge in [-0.15, -0.1) is 0 Å².